The van der Waals surface area contributed by atoms with Gasteiger partial charge in [-0.3, -0.25) is 4.42 Å². The zero-order valence-electron chi connectivity index (χ0n) is 9.06. The van der Waals surface area contributed by atoms with Crippen LogP contribution in [0.5, 0.6) is 0 Å². The number of anilines is 2. The van der Waals surface area contributed by atoms with Crippen LogP contribution in [0.3, 0.4) is 0 Å². The Bertz CT molecular complexity index is 366. The molecule has 0 N–H and O–H groups in total. The number of hydrogen-bond acceptors (Lipinski definition) is 1. The highest BCUT2D eigenvalue weighted by atomic mass is 35.5. The van der Waals surface area contributed by atoms with E-state index in [1.54, 1.807) is 4.42 Å². The van der Waals surface area contributed by atoms with Crippen molar-refractivity contribution in [2.75, 3.05) is 9.76 Å². The van der Waals surface area contributed by atoms with Crippen molar-refractivity contribution in [3.05, 3.63) is 60.7 Å². The molecule has 2 rings (SSSR count). The van der Waals surface area contributed by atoms with Crippen molar-refractivity contribution in [1.29, 1.82) is 0 Å². The second kappa shape index (κ2) is 8.24. The zero-order chi connectivity index (χ0) is 12.5. The maximum absolute atomic E-state index is 6.16. The minimum Gasteiger partial charge on any atom is -0.254 e. The number of alkyl halides is 2. The first-order chi connectivity index (χ1) is 8.29. The Morgan fingerprint density at radius 1 is 0.706 bits per heavy atom. The summed E-state index contributed by atoms with van der Waals surface area (Å²) in [6, 6.07) is 19.7. The molecule has 1 nitrogen and oxygen atoms in total. The van der Waals surface area contributed by atoms with Crippen LogP contribution in [-0.2, 0) is 0 Å². The predicted octanol–water partition coefficient (Wildman–Crippen LogP) is 5.40. The molecule has 0 bridgehead atoms. The van der Waals surface area contributed by atoms with E-state index in [2.05, 4.69) is 0 Å². The van der Waals surface area contributed by atoms with Gasteiger partial charge < -0.3 is 0 Å². The van der Waals surface area contributed by atoms with Crippen LogP contribution in [0.1, 0.15) is 0 Å². The third-order valence-corrected chi connectivity index (χ3v) is 2.36. The van der Waals surface area contributed by atoms with Gasteiger partial charge in [0.25, 0.3) is 0 Å². The maximum atomic E-state index is 6.16. The van der Waals surface area contributed by atoms with Crippen LogP contribution in [0, 0.1) is 0 Å². The Balaban J connectivity index is 0.000000437. The SMILES string of the molecule is ClCCl.ClN(c1ccccc1)c1ccccc1. The number of benzene rings is 2. The molecule has 4 heteroatoms. The minimum atomic E-state index is 0.194. The molecule has 0 aliphatic heterocycles. The summed E-state index contributed by atoms with van der Waals surface area (Å²) < 4.78 is 1.64. The van der Waals surface area contributed by atoms with E-state index in [1.165, 1.54) is 0 Å². The molecule has 0 heterocycles. The summed E-state index contributed by atoms with van der Waals surface area (Å²) in [7, 11) is 0. The summed E-state index contributed by atoms with van der Waals surface area (Å²) >= 11 is 15.7. The highest BCUT2D eigenvalue weighted by Crippen LogP contribution is 2.26. The Hall–Kier alpha value is -0.890. The first-order valence-corrected chi connectivity index (χ1v) is 6.38. The molecule has 0 radical (unpaired) electrons. The molecule has 0 aliphatic rings. The Morgan fingerprint density at radius 2 is 1.00 bits per heavy atom. The monoisotopic (exact) mass is 287 g/mol. The normalized spacial score (nSPS) is 9.12. The van der Waals surface area contributed by atoms with Gasteiger partial charge in [0.05, 0.1) is 16.7 Å². The largest absolute Gasteiger partial charge is 0.254 e. The minimum absolute atomic E-state index is 0.194. The molecular formula is C13H12Cl3N. The third kappa shape index (κ3) is 4.86. The Morgan fingerprint density at radius 3 is 1.29 bits per heavy atom. The van der Waals surface area contributed by atoms with Gasteiger partial charge in [0.15, 0.2) is 0 Å². The van der Waals surface area contributed by atoms with E-state index < -0.39 is 0 Å². The maximum Gasteiger partial charge on any atom is 0.0967 e. The summed E-state index contributed by atoms with van der Waals surface area (Å²) in [5, 5.41) is 0.194. The summed E-state index contributed by atoms with van der Waals surface area (Å²) in [6.07, 6.45) is 0. The lowest BCUT2D eigenvalue weighted by atomic mass is 10.3. The Labute approximate surface area is 117 Å². The average Bonchev–Trinajstić information content (AvgIpc) is 2.41. The zero-order valence-corrected chi connectivity index (χ0v) is 11.3. The smallest absolute Gasteiger partial charge is 0.0967 e. The van der Waals surface area contributed by atoms with Gasteiger partial charge in [-0.15, -0.1) is 23.2 Å². The highest BCUT2D eigenvalue weighted by Gasteiger charge is 2.03. The van der Waals surface area contributed by atoms with Crippen LogP contribution in [-0.4, -0.2) is 5.34 Å². The van der Waals surface area contributed by atoms with E-state index in [1.807, 2.05) is 60.7 Å². The number of rotatable bonds is 2. The second-order valence-electron chi connectivity index (χ2n) is 3.05. The highest BCUT2D eigenvalue weighted by molar-refractivity contribution is 6.40. The fraction of sp³-hybridized carbons (Fsp3) is 0.0769. The van der Waals surface area contributed by atoms with Crippen LogP contribution in [0.15, 0.2) is 60.7 Å². The topological polar surface area (TPSA) is 3.24 Å². The van der Waals surface area contributed by atoms with Crippen molar-refractivity contribution in [1.82, 2.24) is 0 Å². The van der Waals surface area contributed by atoms with E-state index in [4.69, 9.17) is 35.0 Å². The van der Waals surface area contributed by atoms with Crippen molar-refractivity contribution < 1.29 is 0 Å². The van der Waals surface area contributed by atoms with Gasteiger partial charge in [0.2, 0.25) is 0 Å². The van der Waals surface area contributed by atoms with Gasteiger partial charge >= 0.3 is 0 Å². The van der Waals surface area contributed by atoms with E-state index in [9.17, 15) is 0 Å². The molecule has 90 valence electrons. The lowest BCUT2D eigenvalue weighted by molar-refractivity contribution is 1.42. The molecule has 0 fully saturated rings. The predicted molar refractivity (Wildman–Crippen MR) is 77.4 cm³/mol. The first kappa shape index (κ1) is 14.2. The summed E-state index contributed by atoms with van der Waals surface area (Å²) in [6.45, 7) is 0. The molecule has 0 saturated heterocycles. The van der Waals surface area contributed by atoms with Gasteiger partial charge in [0.1, 0.15) is 0 Å². The van der Waals surface area contributed by atoms with E-state index in [-0.39, 0.29) is 5.34 Å². The summed E-state index contributed by atoms with van der Waals surface area (Å²) in [4.78, 5) is 0. The lowest BCUT2D eigenvalue weighted by Gasteiger charge is -2.15. The number of hydrogen-bond donors (Lipinski definition) is 0. The molecule has 17 heavy (non-hydrogen) atoms. The van der Waals surface area contributed by atoms with Crippen LogP contribution < -0.4 is 4.42 Å². The van der Waals surface area contributed by atoms with Gasteiger partial charge in [-0.05, 0) is 24.3 Å². The fourth-order valence-electron chi connectivity index (χ4n) is 1.27. The van der Waals surface area contributed by atoms with Gasteiger partial charge in [0, 0.05) is 11.8 Å². The quantitative estimate of drug-likeness (QED) is 0.528. The third-order valence-electron chi connectivity index (χ3n) is 1.97. The molecule has 2 aromatic carbocycles. The second-order valence-corrected chi connectivity index (χ2v) is 4.20. The molecule has 0 atom stereocenters. The van der Waals surface area contributed by atoms with Gasteiger partial charge in [-0.25, -0.2) is 0 Å². The van der Waals surface area contributed by atoms with Gasteiger partial charge in [-0.1, -0.05) is 36.4 Å². The van der Waals surface area contributed by atoms with Crippen LogP contribution >= 0.6 is 35.0 Å². The number of nitrogens with zero attached hydrogens (tertiary/aromatic N) is 1. The van der Waals surface area contributed by atoms with Gasteiger partial charge in [-0.2, -0.15) is 0 Å². The van der Waals surface area contributed by atoms with Crippen LogP contribution in [0.2, 0.25) is 0 Å². The molecule has 0 unspecified atom stereocenters. The molecular weight excluding hydrogens is 277 g/mol. The van der Waals surface area contributed by atoms with E-state index in [0.717, 1.165) is 11.4 Å². The molecule has 0 spiro atoms. The van der Waals surface area contributed by atoms with Crippen molar-refractivity contribution in [3.63, 3.8) is 0 Å². The fourth-order valence-corrected chi connectivity index (χ4v) is 1.49. The summed E-state index contributed by atoms with van der Waals surface area (Å²) in [5.74, 6) is 0. The lowest BCUT2D eigenvalue weighted by Crippen LogP contribution is -2.00. The summed E-state index contributed by atoms with van der Waals surface area (Å²) in [5.41, 5.74) is 1.95. The number of para-hydroxylation sites is 2. The van der Waals surface area contributed by atoms with E-state index >= 15 is 0 Å². The molecule has 0 aromatic heterocycles. The van der Waals surface area contributed by atoms with Crippen molar-refractivity contribution in [2.24, 2.45) is 0 Å². The van der Waals surface area contributed by atoms with Crippen molar-refractivity contribution in [2.45, 2.75) is 0 Å². The number of halogens is 3. The van der Waals surface area contributed by atoms with E-state index in [0.29, 0.717) is 0 Å². The van der Waals surface area contributed by atoms with Crippen LogP contribution in [0.25, 0.3) is 0 Å². The molecule has 0 aliphatic carbocycles. The Kier molecular flexibility index (Phi) is 6.87. The molecule has 2 aromatic rings. The van der Waals surface area contributed by atoms with Crippen molar-refractivity contribution >= 4 is 46.4 Å². The first-order valence-electron chi connectivity index (χ1n) is 4.97. The average molecular weight is 289 g/mol. The molecule has 0 saturated carbocycles. The van der Waals surface area contributed by atoms with Crippen molar-refractivity contribution in [3.8, 4) is 0 Å². The molecule has 0 amide bonds. The standard InChI is InChI=1S/C12H10ClN.CH2Cl2/c13-14(11-7-3-1-4-8-11)12-9-5-2-6-10-12;2-1-3/h1-10H;1H2. The van der Waals surface area contributed by atoms with Crippen LogP contribution in [0.4, 0.5) is 11.4 Å².